The molecule has 0 spiro atoms. The Bertz CT molecular complexity index is 1920. The van der Waals surface area contributed by atoms with Crippen LogP contribution in [0, 0.1) is 23.6 Å². The number of hydrogen-bond acceptors (Lipinski definition) is 7. The summed E-state index contributed by atoms with van der Waals surface area (Å²) in [6, 6.07) is 30.7. The smallest absolute Gasteiger partial charge is 0.455 e. The third-order valence-electron chi connectivity index (χ3n) is 9.82. The predicted molar refractivity (Wildman–Crippen MR) is 187 cm³/mol. The van der Waals surface area contributed by atoms with Crippen LogP contribution in [0.15, 0.2) is 114 Å². The second-order valence-electron chi connectivity index (χ2n) is 12.8. The molecule has 4 aromatic carbocycles. The summed E-state index contributed by atoms with van der Waals surface area (Å²) >= 11 is 0. The van der Waals surface area contributed by atoms with Gasteiger partial charge in [-0.3, -0.25) is 14.5 Å². The molecule has 2 aliphatic heterocycles. The number of para-hydroxylation sites is 1. The number of aliphatic hydroxyl groups is 1. The van der Waals surface area contributed by atoms with Gasteiger partial charge >= 0.3 is 7.12 Å². The monoisotopic (exact) mass is 658 g/mol. The number of fused-ring (bicyclic) bond motifs is 3. The Balaban J connectivity index is 1.14. The SMILES string of the molecule is O=C1[C@@H]2[C@@H](CC(CO)=C3[C@@H](CC/C(=C/c4ccc(O)c(F)c4)c4ccccc4)OB(O)C[C@@H]32)C(=O)N1c1ccc(Nc2ccccc2)cc1. The van der Waals surface area contributed by atoms with Crippen molar-refractivity contribution in [1.29, 1.82) is 0 Å². The molecule has 8 nitrogen and oxygen atoms in total. The molecule has 0 bridgehead atoms. The van der Waals surface area contributed by atoms with Gasteiger partial charge in [0, 0.05) is 11.4 Å². The number of nitrogens with one attached hydrogen (secondary N) is 1. The minimum absolute atomic E-state index is 0.136. The minimum Gasteiger partial charge on any atom is -0.505 e. The molecule has 0 radical (unpaired) electrons. The van der Waals surface area contributed by atoms with E-state index in [1.54, 1.807) is 18.2 Å². The first-order valence-corrected chi connectivity index (χ1v) is 16.5. The van der Waals surface area contributed by atoms with Crippen molar-refractivity contribution < 1.29 is 33.9 Å². The Morgan fingerprint density at radius 1 is 0.918 bits per heavy atom. The molecule has 10 heteroatoms. The van der Waals surface area contributed by atoms with Crippen molar-refractivity contribution in [2.45, 2.75) is 31.7 Å². The molecule has 4 N–H and O–H groups in total. The summed E-state index contributed by atoms with van der Waals surface area (Å²) in [6.07, 6.45) is 2.48. The van der Waals surface area contributed by atoms with E-state index in [0.29, 0.717) is 29.7 Å². The van der Waals surface area contributed by atoms with E-state index in [1.165, 1.54) is 17.0 Å². The van der Waals surface area contributed by atoms with E-state index in [9.17, 15) is 29.2 Å². The molecule has 0 aromatic heterocycles. The van der Waals surface area contributed by atoms with Crippen LogP contribution in [0.2, 0.25) is 6.32 Å². The Labute approximate surface area is 284 Å². The molecule has 1 aliphatic carbocycles. The quantitative estimate of drug-likeness (QED) is 0.0694. The molecule has 4 atom stereocenters. The van der Waals surface area contributed by atoms with Crippen LogP contribution in [0.25, 0.3) is 11.6 Å². The largest absolute Gasteiger partial charge is 0.505 e. The molecule has 4 aromatic rings. The van der Waals surface area contributed by atoms with Gasteiger partial charge in [-0.1, -0.05) is 60.7 Å². The molecule has 2 saturated heterocycles. The molecule has 49 heavy (non-hydrogen) atoms. The first kappa shape index (κ1) is 32.5. The summed E-state index contributed by atoms with van der Waals surface area (Å²) in [4.78, 5) is 29.2. The lowest BCUT2D eigenvalue weighted by Crippen LogP contribution is -2.46. The number of hydrogen-bond donors (Lipinski definition) is 4. The van der Waals surface area contributed by atoms with Gasteiger partial charge in [0.05, 0.1) is 30.2 Å². The summed E-state index contributed by atoms with van der Waals surface area (Å²) in [5, 5.41) is 34.5. The highest BCUT2D eigenvalue weighted by Gasteiger charge is 2.57. The molecule has 0 unspecified atom stereocenters. The molecular weight excluding hydrogens is 622 g/mol. The van der Waals surface area contributed by atoms with Gasteiger partial charge in [-0.15, -0.1) is 0 Å². The lowest BCUT2D eigenvalue weighted by molar-refractivity contribution is -0.122. The standard InChI is InChI=1S/C39H36BFN2O6/c41-33-20-24(11-17-34(33)45)19-26(25-7-3-1-4-8-25)12-18-35-36-27(23-44)21-31-37(32(36)22-40(48)49-35)39(47)43(38(31)46)30-15-13-29(14-16-30)42-28-9-5-2-6-10-28/h1-11,13-17,19-20,31-32,35,37,42,44-45,48H,12,18,21-23H2/b26-19-/t31-,32+,35-,37-/m1/s1. The van der Waals surface area contributed by atoms with Crippen LogP contribution in [-0.2, 0) is 14.2 Å². The fourth-order valence-electron chi connectivity index (χ4n) is 7.60. The number of amides is 2. The number of halogens is 1. The predicted octanol–water partition coefficient (Wildman–Crippen LogP) is 6.59. The second kappa shape index (κ2) is 13.8. The van der Waals surface area contributed by atoms with Gasteiger partial charge in [0.2, 0.25) is 11.8 Å². The Morgan fingerprint density at radius 2 is 1.61 bits per heavy atom. The zero-order valence-corrected chi connectivity index (χ0v) is 26.7. The maximum absolute atomic E-state index is 14.2. The fraction of sp³-hybridized carbons (Fsp3) is 0.231. The number of phenols is 1. The van der Waals surface area contributed by atoms with Crippen LogP contribution >= 0.6 is 0 Å². The molecule has 2 amide bonds. The second-order valence-corrected chi connectivity index (χ2v) is 12.8. The fourth-order valence-corrected chi connectivity index (χ4v) is 7.60. The number of benzene rings is 4. The van der Waals surface area contributed by atoms with Crippen LogP contribution in [0.3, 0.4) is 0 Å². The van der Waals surface area contributed by atoms with Crippen molar-refractivity contribution >= 4 is 47.6 Å². The van der Waals surface area contributed by atoms with E-state index in [4.69, 9.17) is 4.65 Å². The van der Waals surface area contributed by atoms with Crippen molar-refractivity contribution in [1.82, 2.24) is 0 Å². The van der Waals surface area contributed by atoms with Gasteiger partial charge < -0.3 is 25.2 Å². The average Bonchev–Trinajstić information content (AvgIpc) is 3.37. The van der Waals surface area contributed by atoms with E-state index in [2.05, 4.69) is 5.32 Å². The van der Waals surface area contributed by atoms with Crippen LogP contribution < -0.4 is 10.2 Å². The number of allylic oxidation sites excluding steroid dienone is 1. The van der Waals surface area contributed by atoms with Gasteiger partial charge in [0.15, 0.2) is 11.6 Å². The van der Waals surface area contributed by atoms with E-state index in [0.717, 1.165) is 28.1 Å². The molecule has 248 valence electrons. The summed E-state index contributed by atoms with van der Waals surface area (Å²) in [5.74, 6) is -3.59. The maximum Gasteiger partial charge on any atom is 0.455 e. The van der Waals surface area contributed by atoms with Crippen LogP contribution in [0.1, 0.15) is 30.4 Å². The van der Waals surface area contributed by atoms with E-state index < -0.39 is 42.5 Å². The average molecular weight is 659 g/mol. The molecule has 3 aliphatic rings. The number of aromatic hydroxyl groups is 1. The highest BCUT2D eigenvalue weighted by atomic mass is 19.1. The lowest BCUT2D eigenvalue weighted by atomic mass is 9.58. The third kappa shape index (κ3) is 6.55. The highest BCUT2D eigenvalue weighted by Crippen LogP contribution is 2.51. The summed E-state index contributed by atoms with van der Waals surface area (Å²) in [6.45, 7) is -0.291. The molecule has 7 rings (SSSR count). The van der Waals surface area contributed by atoms with Crippen molar-refractivity contribution in [2.75, 3.05) is 16.8 Å². The number of aliphatic hydroxyl groups excluding tert-OH is 1. The summed E-state index contributed by atoms with van der Waals surface area (Å²) in [5.41, 5.74) is 6.03. The Hall–Kier alpha value is -5.03. The molecule has 2 heterocycles. The van der Waals surface area contributed by atoms with E-state index in [-0.39, 0.29) is 31.2 Å². The highest BCUT2D eigenvalue weighted by molar-refractivity contribution is 6.43. The van der Waals surface area contributed by atoms with Crippen LogP contribution in [0.5, 0.6) is 5.75 Å². The number of phenolic OH excluding ortho intramolecular Hbond substituents is 1. The number of imide groups is 1. The minimum atomic E-state index is -1.16. The van der Waals surface area contributed by atoms with Gasteiger partial charge in [-0.2, -0.15) is 0 Å². The molecular formula is C39H36BFN2O6. The van der Waals surface area contributed by atoms with Gasteiger partial charge in [-0.25, -0.2) is 4.39 Å². The Kier molecular flexibility index (Phi) is 9.18. The summed E-state index contributed by atoms with van der Waals surface area (Å²) in [7, 11) is -1.16. The zero-order chi connectivity index (χ0) is 34.1. The number of carbonyl (C=O) groups excluding carboxylic acids is 2. The lowest BCUT2D eigenvalue weighted by Gasteiger charge is -2.43. The number of rotatable bonds is 9. The van der Waals surface area contributed by atoms with Gasteiger partial charge in [-0.05, 0) is 108 Å². The van der Waals surface area contributed by atoms with Crippen molar-refractivity contribution in [3.63, 3.8) is 0 Å². The molecule has 0 saturated carbocycles. The number of carbonyl (C=O) groups is 2. The van der Waals surface area contributed by atoms with E-state index in [1.807, 2.05) is 78.9 Å². The Morgan fingerprint density at radius 3 is 2.31 bits per heavy atom. The zero-order valence-electron chi connectivity index (χ0n) is 26.7. The van der Waals surface area contributed by atoms with Crippen molar-refractivity contribution in [2.24, 2.45) is 17.8 Å². The van der Waals surface area contributed by atoms with Crippen LogP contribution in [0.4, 0.5) is 21.5 Å². The number of nitrogens with zero attached hydrogens (tertiary/aromatic N) is 1. The first-order chi connectivity index (χ1) is 23.8. The van der Waals surface area contributed by atoms with E-state index >= 15 is 0 Å². The third-order valence-corrected chi connectivity index (χ3v) is 9.82. The van der Waals surface area contributed by atoms with Crippen LogP contribution in [-0.4, -0.2) is 46.9 Å². The van der Waals surface area contributed by atoms with Crippen molar-refractivity contribution in [3.05, 3.63) is 131 Å². The van der Waals surface area contributed by atoms with Gasteiger partial charge in [0.1, 0.15) is 0 Å². The molecule has 2 fully saturated rings. The summed E-state index contributed by atoms with van der Waals surface area (Å²) < 4.78 is 20.3. The van der Waals surface area contributed by atoms with Gasteiger partial charge in [0.25, 0.3) is 0 Å². The normalized spacial score (nSPS) is 22.3. The van der Waals surface area contributed by atoms with Crippen molar-refractivity contribution in [3.8, 4) is 5.75 Å². The number of anilines is 3. The topological polar surface area (TPSA) is 119 Å². The maximum atomic E-state index is 14.2. The first-order valence-electron chi connectivity index (χ1n) is 16.5.